The number of nitrogens with one attached hydrogen (secondary N) is 1. The van der Waals surface area contributed by atoms with Gasteiger partial charge in [-0.05, 0) is 24.1 Å². The summed E-state index contributed by atoms with van der Waals surface area (Å²) in [5.74, 6) is 0. The fraction of sp³-hybridized carbons (Fsp3) is 0.538. The lowest BCUT2D eigenvalue weighted by molar-refractivity contribution is 0.169. The summed E-state index contributed by atoms with van der Waals surface area (Å²) in [6.45, 7) is 6.65. The van der Waals surface area contributed by atoms with Crippen LogP contribution in [0.4, 0.5) is 0 Å². The van der Waals surface area contributed by atoms with Crippen LogP contribution in [0.1, 0.15) is 24.9 Å². The maximum absolute atomic E-state index is 6.00. The van der Waals surface area contributed by atoms with Gasteiger partial charge in [0.15, 0.2) is 0 Å². The van der Waals surface area contributed by atoms with Crippen molar-refractivity contribution in [1.82, 2.24) is 10.2 Å². The van der Waals surface area contributed by atoms with Crippen LogP contribution in [0.5, 0.6) is 0 Å². The van der Waals surface area contributed by atoms with Crippen molar-refractivity contribution in [3.8, 4) is 0 Å². The van der Waals surface area contributed by atoms with Gasteiger partial charge in [-0.15, -0.1) is 0 Å². The van der Waals surface area contributed by atoms with E-state index < -0.39 is 0 Å². The van der Waals surface area contributed by atoms with Crippen molar-refractivity contribution in [1.29, 1.82) is 0 Å². The average molecular weight is 318 g/mol. The first-order valence-corrected chi connectivity index (χ1v) is 7.29. The van der Waals surface area contributed by atoms with Crippen LogP contribution in [0.2, 0.25) is 5.02 Å². The first kappa shape index (κ1) is 13.3. The summed E-state index contributed by atoms with van der Waals surface area (Å²) in [4.78, 5) is 2.55. The van der Waals surface area contributed by atoms with Crippen LogP contribution in [-0.2, 0) is 0 Å². The molecule has 1 aliphatic rings. The highest BCUT2D eigenvalue weighted by molar-refractivity contribution is 9.10. The number of hydrogen-bond acceptors (Lipinski definition) is 2. The molecule has 1 saturated heterocycles. The van der Waals surface area contributed by atoms with Gasteiger partial charge in [0.1, 0.15) is 0 Å². The van der Waals surface area contributed by atoms with Crippen LogP contribution in [-0.4, -0.2) is 31.1 Å². The monoisotopic (exact) mass is 316 g/mol. The Hall–Kier alpha value is -0.0900. The fourth-order valence-corrected chi connectivity index (χ4v) is 3.39. The molecule has 0 unspecified atom stereocenters. The lowest BCUT2D eigenvalue weighted by Gasteiger charge is -2.35. The molecule has 0 radical (unpaired) electrons. The Labute approximate surface area is 116 Å². The summed E-state index contributed by atoms with van der Waals surface area (Å²) in [7, 11) is 0. The van der Waals surface area contributed by atoms with Gasteiger partial charge in [-0.2, -0.15) is 0 Å². The summed E-state index contributed by atoms with van der Waals surface area (Å²) < 4.78 is 1.12. The van der Waals surface area contributed by atoms with Crippen molar-refractivity contribution < 1.29 is 0 Å². The van der Waals surface area contributed by atoms with E-state index in [2.05, 4.69) is 39.1 Å². The first-order valence-electron chi connectivity index (χ1n) is 6.12. The van der Waals surface area contributed by atoms with Crippen molar-refractivity contribution in [2.75, 3.05) is 26.2 Å². The molecule has 1 aromatic rings. The maximum Gasteiger partial charge on any atom is 0.0417 e. The molecule has 0 spiro atoms. The van der Waals surface area contributed by atoms with Gasteiger partial charge in [-0.25, -0.2) is 0 Å². The second-order valence-electron chi connectivity index (χ2n) is 4.38. The summed E-state index contributed by atoms with van der Waals surface area (Å²) in [6.07, 6.45) is 1.13. The van der Waals surface area contributed by atoms with E-state index in [-0.39, 0.29) is 0 Å². The third kappa shape index (κ3) is 3.22. The van der Waals surface area contributed by atoms with Gasteiger partial charge in [0.05, 0.1) is 0 Å². The Morgan fingerprint density at radius 2 is 2.12 bits per heavy atom. The lowest BCUT2D eigenvalue weighted by Crippen LogP contribution is -2.45. The molecule has 1 heterocycles. The Balaban J connectivity index is 2.21. The molecule has 1 fully saturated rings. The zero-order valence-corrected chi connectivity index (χ0v) is 12.4. The second-order valence-corrected chi connectivity index (χ2v) is 5.67. The molecule has 17 heavy (non-hydrogen) atoms. The normalized spacial score (nSPS) is 19.2. The van der Waals surface area contributed by atoms with Crippen LogP contribution < -0.4 is 5.32 Å². The van der Waals surface area contributed by atoms with Gasteiger partial charge >= 0.3 is 0 Å². The lowest BCUT2D eigenvalue weighted by atomic mass is 10.0. The van der Waals surface area contributed by atoms with Gasteiger partial charge in [0.25, 0.3) is 0 Å². The smallest absolute Gasteiger partial charge is 0.0417 e. The standard InChI is InChI=1S/C13H18BrClN2/c1-2-13(17-7-5-16-6-8-17)11-4-3-10(15)9-12(11)14/h3-4,9,13,16H,2,5-8H2,1H3/t13-/m0/s1. The minimum absolute atomic E-state index is 0.490. The molecular weight excluding hydrogens is 300 g/mol. The second kappa shape index (κ2) is 6.19. The van der Waals surface area contributed by atoms with Gasteiger partial charge in [0, 0.05) is 41.7 Å². The summed E-state index contributed by atoms with van der Waals surface area (Å²) in [5, 5.41) is 4.18. The van der Waals surface area contributed by atoms with Crippen molar-refractivity contribution in [2.24, 2.45) is 0 Å². The molecule has 4 heteroatoms. The third-order valence-corrected chi connectivity index (χ3v) is 4.22. The van der Waals surface area contributed by atoms with Gasteiger partial charge in [-0.3, -0.25) is 4.90 Å². The molecule has 0 aromatic heterocycles. The number of hydrogen-bond donors (Lipinski definition) is 1. The van der Waals surface area contributed by atoms with Crippen LogP contribution in [0, 0.1) is 0 Å². The fourth-order valence-electron chi connectivity index (χ4n) is 2.44. The molecule has 94 valence electrons. The van der Waals surface area contributed by atoms with E-state index in [9.17, 15) is 0 Å². The minimum atomic E-state index is 0.490. The quantitative estimate of drug-likeness (QED) is 0.918. The molecule has 0 amide bonds. The third-order valence-electron chi connectivity index (χ3n) is 3.30. The molecule has 1 atom stereocenters. The number of nitrogens with zero attached hydrogens (tertiary/aromatic N) is 1. The number of rotatable bonds is 3. The van der Waals surface area contributed by atoms with E-state index in [1.807, 2.05) is 12.1 Å². The number of halogens is 2. The van der Waals surface area contributed by atoms with Crippen LogP contribution >= 0.6 is 27.5 Å². The highest BCUT2D eigenvalue weighted by atomic mass is 79.9. The van der Waals surface area contributed by atoms with Gasteiger partial charge in [-0.1, -0.05) is 40.5 Å². The predicted octanol–water partition coefficient (Wildman–Crippen LogP) is 3.46. The van der Waals surface area contributed by atoms with Crippen LogP contribution in [0.25, 0.3) is 0 Å². The van der Waals surface area contributed by atoms with Crippen molar-refractivity contribution in [2.45, 2.75) is 19.4 Å². The Bertz CT molecular complexity index is 378. The summed E-state index contributed by atoms with van der Waals surface area (Å²) in [6, 6.07) is 6.60. The van der Waals surface area contributed by atoms with E-state index >= 15 is 0 Å². The molecule has 2 rings (SSSR count). The molecule has 0 aliphatic carbocycles. The highest BCUT2D eigenvalue weighted by Crippen LogP contribution is 2.32. The van der Waals surface area contributed by atoms with E-state index in [0.29, 0.717) is 6.04 Å². The van der Waals surface area contributed by atoms with E-state index in [1.54, 1.807) is 0 Å². The first-order chi connectivity index (χ1) is 8.22. The Morgan fingerprint density at radius 3 is 2.71 bits per heavy atom. The molecule has 0 bridgehead atoms. The Morgan fingerprint density at radius 1 is 1.41 bits per heavy atom. The minimum Gasteiger partial charge on any atom is -0.314 e. The Kier molecular flexibility index (Phi) is 4.86. The van der Waals surface area contributed by atoms with E-state index in [0.717, 1.165) is 42.1 Å². The topological polar surface area (TPSA) is 15.3 Å². The molecule has 1 N–H and O–H groups in total. The molecule has 1 aliphatic heterocycles. The predicted molar refractivity (Wildman–Crippen MR) is 76.6 cm³/mol. The molecular formula is C13H18BrClN2. The SMILES string of the molecule is CC[C@@H](c1ccc(Cl)cc1Br)N1CCNCC1. The van der Waals surface area contributed by atoms with Gasteiger partial charge < -0.3 is 5.32 Å². The zero-order valence-electron chi connectivity index (χ0n) is 10.0. The molecule has 0 saturated carbocycles. The summed E-state index contributed by atoms with van der Waals surface area (Å²) in [5.41, 5.74) is 1.35. The van der Waals surface area contributed by atoms with E-state index in [4.69, 9.17) is 11.6 Å². The molecule has 1 aromatic carbocycles. The largest absolute Gasteiger partial charge is 0.314 e. The summed E-state index contributed by atoms with van der Waals surface area (Å²) >= 11 is 9.63. The van der Waals surface area contributed by atoms with Crippen molar-refractivity contribution >= 4 is 27.5 Å². The zero-order chi connectivity index (χ0) is 12.3. The van der Waals surface area contributed by atoms with Crippen LogP contribution in [0.3, 0.4) is 0 Å². The van der Waals surface area contributed by atoms with Crippen molar-refractivity contribution in [3.05, 3.63) is 33.3 Å². The maximum atomic E-state index is 6.00. The van der Waals surface area contributed by atoms with Gasteiger partial charge in [0.2, 0.25) is 0 Å². The molecule has 2 nitrogen and oxygen atoms in total. The van der Waals surface area contributed by atoms with Crippen LogP contribution in [0.15, 0.2) is 22.7 Å². The average Bonchev–Trinajstić information content (AvgIpc) is 2.34. The van der Waals surface area contributed by atoms with E-state index in [1.165, 1.54) is 5.56 Å². The number of piperazine rings is 1. The van der Waals surface area contributed by atoms with Crippen molar-refractivity contribution in [3.63, 3.8) is 0 Å². The highest BCUT2D eigenvalue weighted by Gasteiger charge is 2.22. The number of benzene rings is 1.